The number of rotatable bonds is 3. The van der Waals surface area contributed by atoms with E-state index in [2.05, 4.69) is 0 Å². The second kappa shape index (κ2) is 10.3. The van der Waals surface area contributed by atoms with E-state index < -0.39 is 29.9 Å². The van der Waals surface area contributed by atoms with E-state index in [1.165, 1.54) is 6.92 Å². The molecule has 1 aromatic rings. The van der Waals surface area contributed by atoms with E-state index in [-0.39, 0.29) is 5.91 Å². The number of nitrogens with zero attached hydrogens (tertiary/aromatic N) is 3. The molecule has 1 fully saturated rings. The van der Waals surface area contributed by atoms with E-state index in [0.717, 1.165) is 32.7 Å². The van der Waals surface area contributed by atoms with Crippen LogP contribution >= 0.6 is 36.1 Å². The Morgan fingerprint density at radius 3 is 1.91 bits per heavy atom. The Bertz CT molecular complexity index is 1070. The van der Waals surface area contributed by atoms with Crippen molar-refractivity contribution < 1.29 is 28.6 Å². The van der Waals surface area contributed by atoms with Crippen LogP contribution in [0.15, 0.2) is 22.4 Å². The fourth-order valence-corrected chi connectivity index (χ4v) is 6.32. The second-order valence-corrected chi connectivity index (χ2v) is 11.4. The van der Waals surface area contributed by atoms with Crippen molar-refractivity contribution in [2.24, 2.45) is 0 Å². The van der Waals surface area contributed by atoms with Gasteiger partial charge in [-0.05, 0) is 59.7 Å². The number of fused-ring (bicyclic) bond motifs is 1. The molecule has 2 heterocycles. The van der Waals surface area contributed by atoms with E-state index in [1.54, 1.807) is 57.9 Å². The van der Waals surface area contributed by atoms with Gasteiger partial charge in [0.15, 0.2) is 0 Å². The molecule has 2 aliphatic heterocycles. The van der Waals surface area contributed by atoms with Gasteiger partial charge in [-0.1, -0.05) is 12.2 Å². The third kappa shape index (κ3) is 5.24. The molecule has 9 nitrogen and oxygen atoms in total. The number of methoxy groups -OCH3 is 1. The summed E-state index contributed by atoms with van der Waals surface area (Å²) in [6.45, 7) is 12.1. The van der Waals surface area contributed by atoms with Gasteiger partial charge in [0, 0.05) is 42.0 Å². The number of ether oxygens (including phenoxy) is 3. The molecule has 1 saturated heterocycles. The quantitative estimate of drug-likeness (QED) is 0.269. The predicted octanol–water partition coefficient (Wildman–Crippen LogP) is 5.80. The standard InChI is InChI=1S/C23H29N3O6S3/c1-12(2)31-21(28)25-26(22(29)32-13(3)4)35-20(34-25)18-16-11-15(30-8)9-10-17(16)24(14(5)27)23(6,7)19(18)33/h9-13H,1-8H3. The Morgan fingerprint density at radius 1 is 0.971 bits per heavy atom. The summed E-state index contributed by atoms with van der Waals surface area (Å²) in [5, 5.41) is 0. The maximum Gasteiger partial charge on any atom is 0.441 e. The minimum Gasteiger partial charge on any atom is -0.497 e. The summed E-state index contributed by atoms with van der Waals surface area (Å²) in [5.41, 5.74) is 1.10. The van der Waals surface area contributed by atoms with Crippen LogP contribution in [-0.2, 0) is 14.3 Å². The van der Waals surface area contributed by atoms with Gasteiger partial charge in [-0.2, -0.15) is 0 Å². The number of benzene rings is 1. The Labute approximate surface area is 219 Å². The first-order valence-corrected chi connectivity index (χ1v) is 12.9. The molecule has 0 bridgehead atoms. The van der Waals surface area contributed by atoms with Crippen LogP contribution in [0.5, 0.6) is 5.75 Å². The third-order valence-corrected chi connectivity index (χ3v) is 8.03. The zero-order chi connectivity index (χ0) is 26.2. The summed E-state index contributed by atoms with van der Waals surface area (Å²) in [5.74, 6) is 0.414. The van der Waals surface area contributed by atoms with E-state index in [0.29, 0.717) is 31.7 Å². The third-order valence-electron chi connectivity index (χ3n) is 5.06. The van der Waals surface area contributed by atoms with Gasteiger partial charge in [0.25, 0.3) is 0 Å². The van der Waals surface area contributed by atoms with Crippen molar-refractivity contribution in [3.8, 4) is 5.75 Å². The normalized spacial score (nSPS) is 17.2. The van der Waals surface area contributed by atoms with Crippen molar-refractivity contribution in [3.05, 3.63) is 28.0 Å². The summed E-state index contributed by atoms with van der Waals surface area (Å²) in [6.07, 6.45) is -2.22. The van der Waals surface area contributed by atoms with Crippen LogP contribution in [0, 0.1) is 0 Å². The van der Waals surface area contributed by atoms with Gasteiger partial charge in [0.2, 0.25) is 5.91 Å². The summed E-state index contributed by atoms with van der Waals surface area (Å²) < 4.78 is 18.9. The first-order valence-electron chi connectivity index (χ1n) is 10.9. The van der Waals surface area contributed by atoms with Crippen LogP contribution < -0.4 is 9.64 Å². The van der Waals surface area contributed by atoms with Crippen molar-refractivity contribution >= 4 is 70.3 Å². The highest BCUT2D eigenvalue weighted by molar-refractivity contribution is 8.23. The summed E-state index contributed by atoms with van der Waals surface area (Å²) in [4.78, 5) is 40.5. The maximum absolute atomic E-state index is 12.9. The van der Waals surface area contributed by atoms with Gasteiger partial charge in [-0.15, -0.1) is 8.83 Å². The molecule has 0 atom stereocenters. The van der Waals surface area contributed by atoms with Gasteiger partial charge in [0.05, 0.1) is 39.6 Å². The van der Waals surface area contributed by atoms with Crippen molar-refractivity contribution in [2.45, 2.75) is 66.2 Å². The van der Waals surface area contributed by atoms with E-state index >= 15 is 0 Å². The number of carbonyl (C=O) groups excluding carboxylic acids is 3. The smallest absolute Gasteiger partial charge is 0.441 e. The Balaban J connectivity index is 2.21. The number of thiocarbonyl (C=S) groups is 1. The minimum atomic E-state index is -0.846. The van der Waals surface area contributed by atoms with E-state index in [9.17, 15) is 14.4 Å². The van der Waals surface area contributed by atoms with Gasteiger partial charge in [0.1, 0.15) is 5.75 Å². The average molecular weight is 540 g/mol. The van der Waals surface area contributed by atoms with Crippen LogP contribution in [0.25, 0.3) is 5.57 Å². The number of carbonyl (C=O) groups is 3. The lowest BCUT2D eigenvalue weighted by Crippen LogP contribution is -2.55. The van der Waals surface area contributed by atoms with E-state index in [1.807, 2.05) is 13.8 Å². The summed E-state index contributed by atoms with van der Waals surface area (Å²) in [7, 11) is 1.55. The number of amides is 3. The highest BCUT2D eigenvalue weighted by atomic mass is 32.2. The van der Waals surface area contributed by atoms with Gasteiger partial charge >= 0.3 is 12.2 Å². The van der Waals surface area contributed by atoms with Crippen molar-refractivity contribution in [1.29, 1.82) is 0 Å². The molecule has 12 heteroatoms. The Hall–Kier alpha value is -2.44. The predicted molar refractivity (Wildman–Crippen MR) is 142 cm³/mol. The highest BCUT2D eigenvalue weighted by Crippen LogP contribution is 2.54. The second-order valence-electron chi connectivity index (χ2n) is 8.88. The molecule has 0 aromatic heterocycles. The summed E-state index contributed by atoms with van der Waals surface area (Å²) >= 11 is 7.95. The minimum absolute atomic E-state index is 0.163. The fourth-order valence-electron chi connectivity index (χ4n) is 3.69. The van der Waals surface area contributed by atoms with Crippen molar-refractivity contribution in [1.82, 2.24) is 8.83 Å². The molecule has 1 aromatic carbocycles. The van der Waals surface area contributed by atoms with Gasteiger partial charge in [-0.25, -0.2) is 9.59 Å². The average Bonchev–Trinajstić information content (AvgIpc) is 3.18. The van der Waals surface area contributed by atoms with Crippen LogP contribution in [0.4, 0.5) is 15.3 Å². The molecule has 0 aliphatic carbocycles. The first kappa shape index (κ1) is 27.2. The number of anilines is 1. The lowest BCUT2D eigenvalue weighted by molar-refractivity contribution is -0.117. The highest BCUT2D eigenvalue weighted by Gasteiger charge is 2.47. The van der Waals surface area contributed by atoms with Crippen molar-refractivity contribution in [2.75, 3.05) is 12.0 Å². The van der Waals surface area contributed by atoms with Gasteiger partial charge < -0.3 is 19.1 Å². The molecule has 3 amide bonds. The molecular formula is C23H29N3O6S3. The number of hydrogen-bond acceptors (Lipinski definition) is 9. The molecule has 3 rings (SSSR count). The van der Waals surface area contributed by atoms with Gasteiger partial charge in [-0.3, -0.25) is 4.79 Å². The molecule has 0 saturated carbocycles. The van der Waals surface area contributed by atoms with Crippen LogP contribution in [0.3, 0.4) is 0 Å². The maximum atomic E-state index is 12.9. The first-order chi connectivity index (χ1) is 16.3. The monoisotopic (exact) mass is 539 g/mol. The number of hydrogen-bond donors (Lipinski definition) is 0. The van der Waals surface area contributed by atoms with Crippen molar-refractivity contribution in [3.63, 3.8) is 0 Å². The Morgan fingerprint density at radius 2 is 1.49 bits per heavy atom. The zero-order valence-electron chi connectivity index (χ0n) is 20.9. The SMILES string of the molecule is COc1ccc2c(c1)C(=C1SN(C(=O)OC(C)C)N(C(=O)OC(C)C)S1)C(=S)C(C)(C)N2C(C)=O. The molecule has 2 aliphatic rings. The lowest BCUT2D eigenvalue weighted by Gasteiger charge is -2.44. The molecule has 0 N–H and O–H groups in total. The molecule has 0 unspecified atom stereocenters. The molecule has 0 spiro atoms. The topological polar surface area (TPSA) is 88.6 Å². The lowest BCUT2D eigenvalue weighted by atomic mass is 9.83. The van der Waals surface area contributed by atoms with Crippen LogP contribution in [0.2, 0.25) is 0 Å². The molecule has 0 radical (unpaired) electrons. The fraction of sp³-hybridized carbons (Fsp3) is 0.478. The molecule has 35 heavy (non-hydrogen) atoms. The number of hydrazine groups is 1. The summed E-state index contributed by atoms with van der Waals surface area (Å²) in [6, 6.07) is 5.37. The molecular weight excluding hydrogens is 510 g/mol. The van der Waals surface area contributed by atoms with E-state index in [4.69, 9.17) is 26.4 Å². The zero-order valence-corrected chi connectivity index (χ0v) is 23.4. The largest absolute Gasteiger partial charge is 0.497 e. The molecule has 190 valence electrons. The van der Waals surface area contributed by atoms with Crippen LogP contribution in [0.1, 0.15) is 54.0 Å². The Kier molecular flexibility index (Phi) is 7.97. The van der Waals surface area contributed by atoms with Crippen LogP contribution in [-0.4, -0.2) is 56.6 Å².